The van der Waals surface area contributed by atoms with Crippen molar-refractivity contribution >= 4 is 5.78 Å². The Balaban J connectivity index is 1.94. The Kier molecular flexibility index (Phi) is 3.68. The Labute approximate surface area is 151 Å². The van der Waals surface area contributed by atoms with E-state index in [4.69, 9.17) is 0 Å². The topological polar surface area (TPSA) is 17.1 Å². The van der Waals surface area contributed by atoms with E-state index in [0.29, 0.717) is 5.78 Å². The lowest BCUT2D eigenvalue weighted by Crippen LogP contribution is -2.39. The summed E-state index contributed by atoms with van der Waals surface area (Å²) in [6, 6.07) is 8.98. The van der Waals surface area contributed by atoms with E-state index in [9.17, 15) is 4.79 Å². The molecule has 1 aromatic rings. The fourth-order valence-electron chi connectivity index (χ4n) is 5.23. The summed E-state index contributed by atoms with van der Waals surface area (Å²) in [7, 11) is 0. The molecule has 2 unspecified atom stereocenters. The van der Waals surface area contributed by atoms with E-state index in [0.717, 1.165) is 31.3 Å². The number of hydrogen-bond donors (Lipinski definition) is 0. The van der Waals surface area contributed by atoms with Crippen LogP contribution in [-0.2, 0) is 10.2 Å². The maximum Gasteiger partial charge on any atom is 0.163 e. The molecule has 0 saturated heterocycles. The van der Waals surface area contributed by atoms with Crippen molar-refractivity contribution in [1.29, 1.82) is 0 Å². The van der Waals surface area contributed by atoms with Gasteiger partial charge in [0.1, 0.15) is 0 Å². The SMILES string of the molecule is CC1=C(C)CC2=C(C1)C(=O)C1CC(C)=C(C)CC21c1ccc(C)cc1. The van der Waals surface area contributed by atoms with Crippen LogP contribution < -0.4 is 0 Å². The number of ketones is 1. The predicted octanol–water partition coefficient (Wildman–Crippen LogP) is 5.99. The number of hydrogen-bond acceptors (Lipinski definition) is 1. The standard InChI is InChI=1S/C24H28O/c1-14-6-8-19(9-7-14)24-13-18(5)17(4)12-22(24)23(25)20-10-15(2)16(3)11-21(20)24/h6-9,22H,10-13H2,1-5H3. The highest BCUT2D eigenvalue weighted by molar-refractivity contribution is 6.04. The summed E-state index contributed by atoms with van der Waals surface area (Å²) in [5.74, 6) is 0.525. The third kappa shape index (κ3) is 2.25. The molecule has 2 atom stereocenters. The largest absolute Gasteiger partial charge is 0.294 e. The molecule has 3 aliphatic rings. The monoisotopic (exact) mass is 332 g/mol. The second-order valence-electron chi connectivity index (χ2n) is 8.57. The highest BCUT2D eigenvalue weighted by Gasteiger charge is 2.55. The Morgan fingerprint density at radius 1 is 0.840 bits per heavy atom. The summed E-state index contributed by atoms with van der Waals surface area (Å²) in [6.07, 6.45) is 3.76. The van der Waals surface area contributed by atoms with Crippen molar-refractivity contribution in [1.82, 2.24) is 0 Å². The minimum atomic E-state index is -0.105. The van der Waals surface area contributed by atoms with Crippen LogP contribution in [0.5, 0.6) is 0 Å². The summed E-state index contributed by atoms with van der Waals surface area (Å²) < 4.78 is 0. The molecule has 0 saturated carbocycles. The van der Waals surface area contributed by atoms with Crippen molar-refractivity contribution in [3.05, 3.63) is 68.8 Å². The maximum atomic E-state index is 13.4. The molecule has 130 valence electrons. The number of rotatable bonds is 1. The van der Waals surface area contributed by atoms with Gasteiger partial charge in [-0.1, -0.05) is 52.1 Å². The lowest BCUT2D eigenvalue weighted by molar-refractivity contribution is -0.119. The first-order valence-electron chi connectivity index (χ1n) is 9.49. The second-order valence-corrected chi connectivity index (χ2v) is 8.57. The van der Waals surface area contributed by atoms with Gasteiger partial charge in [0.15, 0.2) is 5.78 Å². The normalized spacial score (nSPS) is 29.3. The number of Topliss-reactive ketones (excluding diaryl/α,β-unsaturated/α-hetero) is 1. The number of carbonyl (C=O) groups is 1. The van der Waals surface area contributed by atoms with Gasteiger partial charge in [-0.15, -0.1) is 0 Å². The van der Waals surface area contributed by atoms with Crippen LogP contribution in [0.15, 0.2) is 57.7 Å². The van der Waals surface area contributed by atoms with Gasteiger partial charge in [0.2, 0.25) is 0 Å². The minimum absolute atomic E-state index is 0.0996. The van der Waals surface area contributed by atoms with Gasteiger partial charge in [-0.05, 0) is 77.0 Å². The van der Waals surface area contributed by atoms with E-state index in [1.165, 1.54) is 39.0 Å². The Bertz CT molecular complexity index is 860. The van der Waals surface area contributed by atoms with Crippen LogP contribution >= 0.6 is 0 Å². The van der Waals surface area contributed by atoms with Crippen LogP contribution in [-0.4, -0.2) is 5.78 Å². The molecule has 0 amide bonds. The van der Waals surface area contributed by atoms with Crippen molar-refractivity contribution < 1.29 is 4.79 Å². The van der Waals surface area contributed by atoms with Crippen molar-refractivity contribution in [2.45, 2.75) is 65.7 Å². The molecule has 1 aromatic carbocycles. The quantitative estimate of drug-likeness (QED) is 0.577. The zero-order chi connectivity index (χ0) is 17.9. The van der Waals surface area contributed by atoms with Crippen LogP contribution in [0.4, 0.5) is 0 Å². The van der Waals surface area contributed by atoms with Crippen LogP contribution in [0.25, 0.3) is 0 Å². The molecule has 0 N–H and O–H groups in total. The Morgan fingerprint density at radius 2 is 1.48 bits per heavy atom. The molecular weight excluding hydrogens is 304 g/mol. The molecule has 0 heterocycles. The summed E-state index contributed by atoms with van der Waals surface area (Å²) >= 11 is 0. The number of carbonyl (C=O) groups excluding carboxylic acids is 1. The minimum Gasteiger partial charge on any atom is -0.294 e. The first-order chi connectivity index (χ1) is 11.8. The highest BCUT2D eigenvalue weighted by Crippen LogP contribution is 2.59. The van der Waals surface area contributed by atoms with Crippen LogP contribution in [0, 0.1) is 12.8 Å². The maximum absolute atomic E-state index is 13.4. The van der Waals surface area contributed by atoms with E-state index in [2.05, 4.69) is 58.9 Å². The zero-order valence-corrected chi connectivity index (χ0v) is 16.1. The smallest absolute Gasteiger partial charge is 0.163 e. The van der Waals surface area contributed by atoms with Crippen molar-refractivity contribution in [2.24, 2.45) is 5.92 Å². The van der Waals surface area contributed by atoms with Gasteiger partial charge in [0.05, 0.1) is 0 Å². The summed E-state index contributed by atoms with van der Waals surface area (Å²) in [5.41, 5.74) is 10.8. The van der Waals surface area contributed by atoms with Gasteiger partial charge in [-0.3, -0.25) is 4.79 Å². The van der Waals surface area contributed by atoms with Crippen molar-refractivity contribution in [2.75, 3.05) is 0 Å². The Hall–Kier alpha value is -1.89. The van der Waals surface area contributed by atoms with Gasteiger partial charge in [-0.2, -0.15) is 0 Å². The molecular formula is C24H28O. The second kappa shape index (κ2) is 5.56. The van der Waals surface area contributed by atoms with E-state index in [1.54, 1.807) is 0 Å². The first kappa shape index (κ1) is 16.6. The number of aryl methyl sites for hydroxylation is 1. The van der Waals surface area contributed by atoms with Gasteiger partial charge >= 0.3 is 0 Å². The van der Waals surface area contributed by atoms with E-state index < -0.39 is 0 Å². The molecule has 0 spiro atoms. The molecule has 4 rings (SSSR count). The molecule has 0 radical (unpaired) electrons. The lowest BCUT2D eigenvalue weighted by Gasteiger charge is -2.43. The van der Waals surface area contributed by atoms with Gasteiger partial charge < -0.3 is 0 Å². The van der Waals surface area contributed by atoms with Crippen LogP contribution in [0.1, 0.15) is 64.5 Å². The molecule has 3 aliphatic carbocycles. The molecule has 0 aromatic heterocycles. The molecule has 0 fully saturated rings. The fourth-order valence-corrected chi connectivity index (χ4v) is 5.23. The van der Waals surface area contributed by atoms with Gasteiger partial charge in [0, 0.05) is 11.3 Å². The fraction of sp³-hybridized carbons (Fsp3) is 0.458. The summed E-state index contributed by atoms with van der Waals surface area (Å²) in [6.45, 7) is 11.1. The van der Waals surface area contributed by atoms with E-state index >= 15 is 0 Å². The summed E-state index contributed by atoms with van der Waals surface area (Å²) in [4.78, 5) is 13.4. The molecule has 0 bridgehead atoms. The highest BCUT2D eigenvalue weighted by atomic mass is 16.1. The van der Waals surface area contributed by atoms with Gasteiger partial charge in [0.25, 0.3) is 0 Å². The Morgan fingerprint density at radius 3 is 2.16 bits per heavy atom. The molecule has 1 heteroatoms. The molecule has 1 nitrogen and oxygen atoms in total. The van der Waals surface area contributed by atoms with Crippen LogP contribution in [0.3, 0.4) is 0 Å². The van der Waals surface area contributed by atoms with Crippen molar-refractivity contribution in [3.8, 4) is 0 Å². The zero-order valence-electron chi connectivity index (χ0n) is 16.1. The molecule has 0 aliphatic heterocycles. The van der Waals surface area contributed by atoms with E-state index in [-0.39, 0.29) is 11.3 Å². The lowest BCUT2D eigenvalue weighted by atomic mass is 9.59. The average molecular weight is 332 g/mol. The number of allylic oxidation sites excluding steroid dienone is 6. The first-order valence-corrected chi connectivity index (χ1v) is 9.49. The van der Waals surface area contributed by atoms with E-state index in [1.807, 2.05) is 0 Å². The molecule has 25 heavy (non-hydrogen) atoms. The van der Waals surface area contributed by atoms with Gasteiger partial charge in [-0.25, -0.2) is 0 Å². The van der Waals surface area contributed by atoms with Crippen molar-refractivity contribution in [3.63, 3.8) is 0 Å². The third-order valence-corrected chi connectivity index (χ3v) is 7.07. The predicted molar refractivity (Wildman–Crippen MR) is 104 cm³/mol. The number of benzene rings is 1. The summed E-state index contributed by atoms with van der Waals surface area (Å²) in [5, 5.41) is 0. The number of fused-ring (bicyclic) bond motifs is 2. The third-order valence-electron chi connectivity index (χ3n) is 7.07. The van der Waals surface area contributed by atoms with Crippen LogP contribution in [0.2, 0.25) is 0 Å². The average Bonchev–Trinajstić information content (AvgIpc) is 2.79.